The average molecular weight is 160 g/mol. The largest absolute Gasteiger partial charge is 0.368 e. The molecular weight excluding hydrogens is 140 g/mol. The molecule has 0 rings (SSSR count). The molecule has 0 bridgehead atoms. The van der Waals surface area contributed by atoms with Crippen molar-refractivity contribution < 1.29 is 9.84 Å². The van der Waals surface area contributed by atoms with Crippen molar-refractivity contribution in [1.29, 1.82) is 0 Å². The zero-order valence-electron chi connectivity index (χ0n) is 7.68. The van der Waals surface area contributed by atoms with Gasteiger partial charge in [0.2, 0.25) is 0 Å². The van der Waals surface area contributed by atoms with Crippen molar-refractivity contribution in [2.75, 3.05) is 6.61 Å². The molecule has 1 N–H and O–H groups in total. The molecule has 68 valence electrons. The molecule has 0 saturated carbocycles. The van der Waals surface area contributed by atoms with Crippen LogP contribution in [-0.2, 0) is 4.74 Å². The molecule has 0 fully saturated rings. The fraction of sp³-hybridized carbons (Fsp3) is 1.00. The van der Waals surface area contributed by atoms with Crippen LogP contribution in [0.2, 0.25) is 0 Å². The SMILES string of the molecule is CCCCOC(O)CCCC. The fourth-order valence-electron chi connectivity index (χ4n) is 0.826. The minimum atomic E-state index is -0.526. The summed E-state index contributed by atoms with van der Waals surface area (Å²) in [5.41, 5.74) is 0. The van der Waals surface area contributed by atoms with Crippen molar-refractivity contribution in [3.05, 3.63) is 0 Å². The summed E-state index contributed by atoms with van der Waals surface area (Å²) in [4.78, 5) is 0. The Balaban J connectivity index is 3.02. The van der Waals surface area contributed by atoms with Gasteiger partial charge in [-0.15, -0.1) is 0 Å². The lowest BCUT2D eigenvalue weighted by Crippen LogP contribution is -2.12. The zero-order valence-corrected chi connectivity index (χ0v) is 7.68. The third-order valence-corrected chi connectivity index (χ3v) is 1.61. The number of ether oxygens (including phenoxy) is 1. The van der Waals surface area contributed by atoms with Gasteiger partial charge in [0.25, 0.3) is 0 Å². The second kappa shape index (κ2) is 8.02. The molecule has 0 spiro atoms. The molecule has 1 atom stereocenters. The second-order valence-electron chi connectivity index (χ2n) is 2.82. The van der Waals surface area contributed by atoms with Crippen molar-refractivity contribution in [2.24, 2.45) is 0 Å². The Bertz CT molecular complexity index is 74.0. The van der Waals surface area contributed by atoms with E-state index in [1.807, 2.05) is 0 Å². The number of rotatable bonds is 7. The Morgan fingerprint density at radius 1 is 1.18 bits per heavy atom. The first-order valence-corrected chi connectivity index (χ1v) is 4.61. The molecule has 0 aromatic heterocycles. The minimum Gasteiger partial charge on any atom is -0.368 e. The minimum absolute atomic E-state index is 0.526. The van der Waals surface area contributed by atoms with Gasteiger partial charge in [0.05, 0.1) is 0 Å². The van der Waals surface area contributed by atoms with Gasteiger partial charge in [-0.05, 0) is 19.3 Å². The van der Waals surface area contributed by atoms with Gasteiger partial charge in [0.1, 0.15) is 0 Å². The third-order valence-electron chi connectivity index (χ3n) is 1.61. The van der Waals surface area contributed by atoms with E-state index in [9.17, 15) is 5.11 Å². The lowest BCUT2D eigenvalue weighted by Gasteiger charge is -2.10. The van der Waals surface area contributed by atoms with Crippen LogP contribution >= 0.6 is 0 Å². The Labute approximate surface area is 69.6 Å². The van der Waals surface area contributed by atoms with Crippen LogP contribution in [0.25, 0.3) is 0 Å². The van der Waals surface area contributed by atoms with Gasteiger partial charge in [-0.3, -0.25) is 0 Å². The summed E-state index contributed by atoms with van der Waals surface area (Å²) in [5.74, 6) is 0. The molecular formula is C9H20O2. The monoisotopic (exact) mass is 160 g/mol. The Kier molecular flexibility index (Phi) is 7.96. The van der Waals surface area contributed by atoms with Gasteiger partial charge in [-0.1, -0.05) is 26.7 Å². The number of unbranched alkanes of at least 4 members (excludes halogenated alkanes) is 2. The summed E-state index contributed by atoms with van der Waals surface area (Å²) in [6.45, 7) is 4.92. The normalized spacial score (nSPS) is 13.4. The van der Waals surface area contributed by atoms with Crippen LogP contribution < -0.4 is 0 Å². The standard InChI is InChI=1S/C9H20O2/c1-3-5-7-9(10)11-8-6-4-2/h9-10H,3-8H2,1-2H3. The fourth-order valence-corrected chi connectivity index (χ4v) is 0.826. The predicted octanol–water partition coefficient (Wildman–Crippen LogP) is 2.31. The number of hydrogen-bond acceptors (Lipinski definition) is 2. The lowest BCUT2D eigenvalue weighted by atomic mass is 10.2. The van der Waals surface area contributed by atoms with Gasteiger partial charge >= 0.3 is 0 Å². The third kappa shape index (κ3) is 7.82. The molecule has 2 nitrogen and oxygen atoms in total. The number of aliphatic hydroxyl groups is 1. The molecule has 0 amide bonds. The molecule has 0 radical (unpaired) electrons. The smallest absolute Gasteiger partial charge is 0.154 e. The van der Waals surface area contributed by atoms with Crippen LogP contribution in [0, 0.1) is 0 Å². The molecule has 2 heteroatoms. The first-order chi connectivity index (χ1) is 5.31. The van der Waals surface area contributed by atoms with Crippen LogP contribution in [-0.4, -0.2) is 18.0 Å². The van der Waals surface area contributed by atoms with E-state index in [4.69, 9.17) is 4.74 Å². The summed E-state index contributed by atoms with van der Waals surface area (Å²) >= 11 is 0. The van der Waals surface area contributed by atoms with Gasteiger partial charge in [0, 0.05) is 6.61 Å². The highest BCUT2D eigenvalue weighted by Crippen LogP contribution is 2.02. The summed E-state index contributed by atoms with van der Waals surface area (Å²) < 4.78 is 5.14. The second-order valence-corrected chi connectivity index (χ2v) is 2.82. The van der Waals surface area contributed by atoms with E-state index in [2.05, 4.69) is 13.8 Å². The highest BCUT2D eigenvalue weighted by Gasteiger charge is 2.00. The van der Waals surface area contributed by atoms with Crippen molar-refractivity contribution in [3.63, 3.8) is 0 Å². The Morgan fingerprint density at radius 2 is 1.82 bits per heavy atom. The maximum absolute atomic E-state index is 9.18. The van der Waals surface area contributed by atoms with Crippen molar-refractivity contribution in [1.82, 2.24) is 0 Å². The van der Waals surface area contributed by atoms with E-state index >= 15 is 0 Å². The molecule has 0 aromatic rings. The number of aliphatic hydroxyl groups excluding tert-OH is 1. The van der Waals surface area contributed by atoms with Crippen molar-refractivity contribution in [3.8, 4) is 0 Å². The topological polar surface area (TPSA) is 29.5 Å². The van der Waals surface area contributed by atoms with Gasteiger partial charge in [-0.2, -0.15) is 0 Å². The molecule has 0 aliphatic rings. The van der Waals surface area contributed by atoms with Crippen molar-refractivity contribution >= 4 is 0 Å². The molecule has 0 heterocycles. The quantitative estimate of drug-likeness (QED) is 0.457. The first kappa shape index (κ1) is 10.9. The van der Waals surface area contributed by atoms with Crippen LogP contribution in [0.5, 0.6) is 0 Å². The average Bonchev–Trinajstić information content (AvgIpc) is 2.01. The van der Waals surface area contributed by atoms with E-state index in [0.29, 0.717) is 6.61 Å². The van der Waals surface area contributed by atoms with Gasteiger partial charge in [-0.25, -0.2) is 0 Å². The van der Waals surface area contributed by atoms with Crippen LogP contribution in [0.4, 0.5) is 0 Å². The molecule has 11 heavy (non-hydrogen) atoms. The highest BCUT2D eigenvalue weighted by molar-refractivity contribution is 4.42. The first-order valence-electron chi connectivity index (χ1n) is 4.61. The van der Waals surface area contributed by atoms with Gasteiger partial charge in [0.15, 0.2) is 6.29 Å². The van der Waals surface area contributed by atoms with E-state index in [1.165, 1.54) is 0 Å². The molecule has 0 aliphatic heterocycles. The maximum atomic E-state index is 9.18. The molecule has 0 aromatic carbocycles. The molecule has 1 unspecified atom stereocenters. The molecule has 0 aliphatic carbocycles. The van der Waals surface area contributed by atoms with E-state index < -0.39 is 6.29 Å². The van der Waals surface area contributed by atoms with Crippen molar-refractivity contribution in [2.45, 2.75) is 52.2 Å². The van der Waals surface area contributed by atoms with Crippen LogP contribution in [0.15, 0.2) is 0 Å². The highest BCUT2D eigenvalue weighted by atomic mass is 16.6. The lowest BCUT2D eigenvalue weighted by molar-refractivity contribution is -0.104. The van der Waals surface area contributed by atoms with E-state index in [-0.39, 0.29) is 0 Å². The van der Waals surface area contributed by atoms with E-state index in [0.717, 1.165) is 32.1 Å². The zero-order chi connectivity index (χ0) is 8.53. The van der Waals surface area contributed by atoms with E-state index in [1.54, 1.807) is 0 Å². The van der Waals surface area contributed by atoms with Gasteiger partial charge < -0.3 is 9.84 Å². The molecule has 0 saturated heterocycles. The summed E-state index contributed by atoms with van der Waals surface area (Å²) in [6.07, 6.45) is 4.59. The summed E-state index contributed by atoms with van der Waals surface area (Å²) in [7, 11) is 0. The van der Waals surface area contributed by atoms with Crippen LogP contribution in [0.3, 0.4) is 0 Å². The summed E-state index contributed by atoms with van der Waals surface area (Å²) in [6, 6.07) is 0. The number of hydrogen-bond donors (Lipinski definition) is 1. The Morgan fingerprint density at radius 3 is 2.36 bits per heavy atom. The van der Waals surface area contributed by atoms with Crippen LogP contribution in [0.1, 0.15) is 46.0 Å². The summed E-state index contributed by atoms with van der Waals surface area (Å²) in [5, 5.41) is 9.18. The maximum Gasteiger partial charge on any atom is 0.154 e. The predicted molar refractivity (Wildman–Crippen MR) is 46.4 cm³/mol. The Hall–Kier alpha value is -0.0800.